The summed E-state index contributed by atoms with van der Waals surface area (Å²) in [4.78, 5) is 8.82. The average Bonchev–Trinajstić information content (AvgIpc) is 2.48. The minimum atomic E-state index is 0.437. The van der Waals surface area contributed by atoms with E-state index in [1.165, 1.54) is 38.5 Å². The molecule has 2 N–H and O–H groups in total. The minimum absolute atomic E-state index is 0.437. The second kappa shape index (κ2) is 8.04. The van der Waals surface area contributed by atoms with Crippen LogP contribution in [0, 0.1) is 5.92 Å². The maximum absolute atomic E-state index is 5.10. The number of methoxy groups -OCH3 is 1. The fourth-order valence-corrected chi connectivity index (χ4v) is 2.79. The lowest BCUT2D eigenvalue weighted by Gasteiger charge is -2.21. The van der Waals surface area contributed by atoms with E-state index >= 15 is 0 Å². The molecule has 0 unspecified atom stereocenters. The molecule has 5 heteroatoms. The Hall–Kier alpha value is -1.36. The summed E-state index contributed by atoms with van der Waals surface area (Å²) in [6, 6.07) is 1.94. The highest BCUT2D eigenvalue weighted by Crippen LogP contribution is 2.26. The van der Waals surface area contributed by atoms with Crippen molar-refractivity contribution in [2.75, 3.05) is 31.3 Å². The second-order valence-corrected chi connectivity index (χ2v) is 5.46. The molecule has 0 spiro atoms. The molecular formula is C15H26N4O. The number of nitrogens with one attached hydrogen (secondary N) is 2. The van der Waals surface area contributed by atoms with Crippen LogP contribution in [0.5, 0.6) is 0 Å². The summed E-state index contributed by atoms with van der Waals surface area (Å²) < 4.78 is 5.10. The van der Waals surface area contributed by atoms with Crippen LogP contribution in [-0.4, -0.2) is 30.7 Å². The molecule has 0 amide bonds. The van der Waals surface area contributed by atoms with E-state index in [0.29, 0.717) is 12.4 Å². The first-order valence-electron chi connectivity index (χ1n) is 7.60. The lowest BCUT2D eigenvalue weighted by molar-refractivity contribution is 0.178. The number of hydrogen-bond donors (Lipinski definition) is 2. The lowest BCUT2D eigenvalue weighted by Crippen LogP contribution is -2.13. The molecule has 112 valence electrons. The summed E-state index contributed by atoms with van der Waals surface area (Å²) in [5.74, 6) is 3.30. The van der Waals surface area contributed by atoms with Gasteiger partial charge in [0.2, 0.25) is 0 Å². The zero-order valence-corrected chi connectivity index (χ0v) is 12.6. The van der Waals surface area contributed by atoms with Crippen molar-refractivity contribution in [1.82, 2.24) is 9.97 Å². The van der Waals surface area contributed by atoms with Crippen molar-refractivity contribution < 1.29 is 4.74 Å². The molecule has 2 rings (SSSR count). The highest BCUT2D eigenvalue weighted by molar-refractivity contribution is 5.47. The quantitative estimate of drug-likeness (QED) is 0.803. The molecule has 1 fully saturated rings. The van der Waals surface area contributed by atoms with E-state index in [-0.39, 0.29) is 0 Å². The SMILES string of the molecule is CNc1cc(NCCC2CCCCC2)nc(COC)n1. The van der Waals surface area contributed by atoms with E-state index in [4.69, 9.17) is 4.74 Å². The first-order valence-corrected chi connectivity index (χ1v) is 7.60. The van der Waals surface area contributed by atoms with Gasteiger partial charge in [0.15, 0.2) is 5.82 Å². The Morgan fingerprint density at radius 2 is 1.95 bits per heavy atom. The van der Waals surface area contributed by atoms with Gasteiger partial charge in [-0.3, -0.25) is 0 Å². The number of hydrogen-bond acceptors (Lipinski definition) is 5. The zero-order valence-electron chi connectivity index (χ0n) is 12.6. The minimum Gasteiger partial charge on any atom is -0.377 e. The third-order valence-corrected chi connectivity index (χ3v) is 3.89. The van der Waals surface area contributed by atoms with Gasteiger partial charge >= 0.3 is 0 Å². The normalized spacial score (nSPS) is 16.1. The number of anilines is 2. The molecule has 0 aliphatic heterocycles. The smallest absolute Gasteiger partial charge is 0.158 e. The van der Waals surface area contributed by atoms with Crippen molar-refractivity contribution >= 4 is 11.6 Å². The van der Waals surface area contributed by atoms with Crippen molar-refractivity contribution in [3.05, 3.63) is 11.9 Å². The van der Waals surface area contributed by atoms with Crippen LogP contribution in [0.3, 0.4) is 0 Å². The van der Waals surface area contributed by atoms with Crippen LogP contribution in [0.25, 0.3) is 0 Å². The van der Waals surface area contributed by atoms with Crippen LogP contribution in [0.2, 0.25) is 0 Å². The molecule has 1 saturated carbocycles. The van der Waals surface area contributed by atoms with Gasteiger partial charge in [-0.25, -0.2) is 9.97 Å². The van der Waals surface area contributed by atoms with Crippen LogP contribution >= 0.6 is 0 Å². The second-order valence-electron chi connectivity index (χ2n) is 5.46. The Labute approximate surface area is 121 Å². The van der Waals surface area contributed by atoms with Crippen LogP contribution < -0.4 is 10.6 Å². The van der Waals surface area contributed by atoms with E-state index in [0.717, 1.165) is 24.1 Å². The summed E-state index contributed by atoms with van der Waals surface area (Å²) in [7, 11) is 3.52. The van der Waals surface area contributed by atoms with Gasteiger partial charge in [-0.1, -0.05) is 32.1 Å². The molecule has 0 aromatic carbocycles. The van der Waals surface area contributed by atoms with Crippen LogP contribution in [0.1, 0.15) is 44.3 Å². The Balaban J connectivity index is 1.85. The highest BCUT2D eigenvalue weighted by atomic mass is 16.5. The molecular weight excluding hydrogens is 252 g/mol. The lowest BCUT2D eigenvalue weighted by atomic mass is 9.87. The summed E-state index contributed by atoms with van der Waals surface area (Å²) in [6.07, 6.45) is 8.24. The van der Waals surface area contributed by atoms with Gasteiger partial charge in [0.05, 0.1) is 0 Å². The van der Waals surface area contributed by atoms with Crippen LogP contribution in [-0.2, 0) is 11.3 Å². The maximum Gasteiger partial charge on any atom is 0.158 e. The molecule has 20 heavy (non-hydrogen) atoms. The molecule has 1 aromatic rings. The van der Waals surface area contributed by atoms with Gasteiger partial charge in [0.1, 0.15) is 18.2 Å². The molecule has 0 saturated heterocycles. The van der Waals surface area contributed by atoms with Crippen LogP contribution in [0.15, 0.2) is 6.07 Å². The molecule has 0 bridgehead atoms. The molecule has 0 radical (unpaired) electrons. The van der Waals surface area contributed by atoms with E-state index in [1.54, 1.807) is 7.11 Å². The maximum atomic E-state index is 5.10. The monoisotopic (exact) mass is 278 g/mol. The standard InChI is InChI=1S/C15H26N4O/c1-16-13-10-14(19-15(18-13)11-20-2)17-9-8-12-6-4-3-5-7-12/h10,12H,3-9,11H2,1-2H3,(H2,16,17,18,19). The third-order valence-electron chi connectivity index (χ3n) is 3.89. The fraction of sp³-hybridized carbons (Fsp3) is 0.733. The number of ether oxygens (including phenoxy) is 1. The topological polar surface area (TPSA) is 59.1 Å². The summed E-state index contributed by atoms with van der Waals surface area (Å²) in [6.45, 7) is 1.42. The average molecular weight is 278 g/mol. The van der Waals surface area contributed by atoms with E-state index in [1.807, 2.05) is 13.1 Å². The Morgan fingerprint density at radius 1 is 1.20 bits per heavy atom. The molecule has 1 heterocycles. The summed E-state index contributed by atoms with van der Waals surface area (Å²) in [5.41, 5.74) is 0. The van der Waals surface area contributed by atoms with Crippen molar-refractivity contribution in [2.45, 2.75) is 45.1 Å². The predicted octanol–water partition coefficient (Wildman–Crippen LogP) is 3.05. The van der Waals surface area contributed by atoms with Gasteiger partial charge < -0.3 is 15.4 Å². The first-order chi connectivity index (χ1) is 9.81. The van der Waals surface area contributed by atoms with E-state index in [9.17, 15) is 0 Å². The Morgan fingerprint density at radius 3 is 2.65 bits per heavy atom. The largest absolute Gasteiger partial charge is 0.377 e. The number of aromatic nitrogens is 2. The van der Waals surface area contributed by atoms with Crippen molar-refractivity contribution in [1.29, 1.82) is 0 Å². The van der Waals surface area contributed by atoms with E-state index < -0.39 is 0 Å². The van der Waals surface area contributed by atoms with Gasteiger partial charge in [0, 0.05) is 26.8 Å². The molecule has 1 aliphatic carbocycles. The van der Waals surface area contributed by atoms with Gasteiger partial charge in [0.25, 0.3) is 0 Å². The number of rotatable bonds is 7. The van der Waals surface area contributed by atoms with E-state index in [2.05, 4.69) is 20.6 Å². The zero-order chi connectivity index (χ0) is 14.2. The first kappa shape index (κ1) is 15.0. The number of nitrogens with zero attached hydrogens (tertiary/aromatic N) is 2. The summed E-state index contributed by atoms with van der Waals surface area (Å²) >= 11 is 0. The highest BCUT2D eigenvalue weighted by Gasteiger charge is 2.13. The van der Waals surface area contributed by atoms with Gasteiger partial charge in [-0.2, -0.15) is 0 Å². The Bertz CT molecular complexity index is 405. The Kier molecular flexibility index (Phi) is 6.05. The molecule has 0 atom stereocenters. The van der Waals surface area contributed by atoms with Crippen molar-refractivity contribution in [3.63, 3.8) is 0 Å². The molecule has 1 aromatic heterocycles. The van der Waals surface area contributed by atoms with Crippen molar-refractivity contribution in [2.24, 2.45) is 5.92 Å². The van der Waals surface area contributed by atoms with Crippen LogP contribution in [0.4, 0.5) is 11.6 Å². The van der Waals surface area contributed by atoms with Crippen molar-refractivity contribution in [3.8, 4) is 0 Å². The molecule has 5 nitrogen and oxygen atoms in total. The predicted molar refractivity (Wildman–Crippen MR) is 82.0 cm³/mol. The molecule has 1 aliphatic rings. The summed E-state index contributed by atoms with van der Waals surface area (Å²) in [5, 5.41) is 6.48. The fourth-order valence-electron chi connectivity index (χ4n) is 2.79. The van der Waals surface area contributed by atoms with Gasteiger partial charge in [-0.15, -0.1) is 0 Å². The van der Waals surface area contributed by atoms with Gasteiger partial charge in [-0.05, 0) is 12.3 Å². The third kappa shape index (κ3) is 4.63.